The Morgan fingerprint density at radius 1 is 1.23 bits per heavy atom. The highest BCUT2D eigenvalue weighted by Gasteiger charge is 2.13. The quantitative estimate of drug-likeness (QED) is 0.788. The molecule has 22 heavy (non-hydrogen) atoms. The van der Waals surface area contributed by atoms with E-state index in [4.69, 9.17) is 4.98 Å². The zero-order valence-corrected chi connectivity index (χ0v) is 12.9. The van der Waals surface area contributed by atoms with Crippen molar-refractivity contribution in [2.75, 3.05) is 0 Å². The Hall–Kier alpha value is -2.64. The van der Waals surface area contributed by atoms with Gasteiger partial charge in [0.05, 0.1) is 17.8 Å². The molecule has 0 unspecified atom stereocenters. The predicted molar refractivity (Wildman–Crippen MR) is 86.3 cm³/mol. The maximum absolute atomic E-state index is 9.30. The lowest BCUT2D eigenvalue weighted by Crippen LogP contribution is -1.95. The summed E-state index contributed by atoms with van der Waals surface area (Å²) in [4.78, 5) is 4.73. The summed E-state index contributed by atoms with van der Waals surface area (Å²) in [5.74, 6) is 0. The Labute approximate surface area is 129 Å². The molecule has 4 nitrogen and oxygen atoms in total. The Bertz CT molecular complexity index is 916. The van der Waals surface area contributed by atoms with Crippen LogP contribution >= 0.6 is 0 Å². The van der Waals surface area contributed by atoms with E-state index in [9.17, 15) is 10.4 Å². The second-order valence-corrected chi connectivity index (χ2v) is 5.53. The van der Waals surface area contributed by atoms with Gasteiger partial charge in [0, 0.05) is 23.7 Å². The van der Waals surface area contributed by atoms with Crippen LogP contribution in [0.25, 0.3) is 22.2 Å². The molecule has 1 aromatic carbocycles. The second kappa shape index (κ2) is 5.28. The number of hydrogen-bond acceptors (Lipinski definition) is 3. The van der Waals surface area contributed by atoms with Gasteiger partial charge in [0.15, 0.2) is 0 Å². The lowest BCUT2D eigenvalue weighted by Gasteiger charge is -2.08. The summed E-state index contributed by atoms with van der Waals surface area (Å²) in [5, 5.41) is 19.6. The van der Waals surface area contributed by atoms with Crippen LogP contribution in [-0.4, -0.2) is 14.7 Å². The molecule has 4 heteroatoms. The minimum absolute atomic E-state index is 0.00381. The number of aliphatic hydroxyl groups is 1. The highest BCUT2D eigenvalue weighted by Crippen LogP contribution is 2.29. The number of benzene rings is 1. The minimum atomic E-state index is 0.00381. The lowest BCUT2D eigenvalue weighted by atomic mass is 10.0. The fourth-order valence-electron chi connectivity index (χ4n) is 2.75. The molecule has 0 saturated heterocycles. The van der Waals surface area contributed by atoms with Crippen molar-refractivity contribution in [2.45, 2.75) is 20.5 Å². The smallest absolute Gasteiger partial charge is 0.120 e. The van der Waals surface area contributed by atoms with Crippen LogP contribution in [0.4, 0.5) is 0 Å². The van der Waals surface area contributed by atoms with Gasteiger partial charge in [-0.2, -0.15) is 5.26 Å². The number of nitriles is 1. The average molecular weight is 291 g/mol. The molecule has 0 aliphatic rings. The van der Waals surface area contributed by atoms with Crippen LogP contribution < -0.4 is 0 Å². The molecule has 0 aliphatic carbocycles. The van der Waals surface area contributed by atoms with Crippen molar-refractivity contribution in [3.8, 4) is 17.3 Å². The monoisotopic (exact) mass is 291 g/mol. The van der Waals surface area contributed by atoms with Crippen LogP contribution in [0.1, 0.15) is 22.5 Å². The summed E-state index contributed by atoms with van der Waals surface area (Å²) in [6, 6.07) is 11.9. The minimum Gasteiger partial charge on any atom is -0.392 e. The number of fused-ring (bicyclic) bond motifs is 1. The molecule has 3 rings (SSSR count). The standard InChI is InChI=1S/C18H17N3O/c1-11-6-17(16-8-14(9-19)21(3)12(16)2)20-18-7-13(10-22)4-5-15(11)18/h4-8,22H,10H2,1-3H3. The SMILES string of the molecule is Cc1cc(-c2cc(C#N)n(C)c2C)nc2cc(CO)ccc12. The summed E-state index contributed by atoms with van der Waals surface area (Å²) >= 11 is 0. The van der Waals surface area contributed by atoms with E-state index in [2.05, 4.69) is 13.0 Å². The number of pyridine rings is 1. The number of nitrogens with zero attached hydrogens (tertiary/aromatic N) is 3. The molecule has 1 N–H and O–H groups in total. The second-order valence-electron chi connectivity index (χ2n) is 5.53. The largest absolute Gasteiger partial charge is 0.392 e. The van der Waals surface area contributed by atoms with Gasteiger partial charge in [-0.1, -0.05) is 12.1 Å². The summed E-state index contributed by atoms with van der Waals surface area (Å²) in [6.45, 7) is 4.04. The van der Waals surface area contributed by atoms with Gasteiger partial charge in [-0.3, -0.25) is 0 Å². The molecular weight excluding hydrogens is 274 g/mol. The van der Waals surface area contributed by atoms with E-state index >= 15 is 0 Å². The topological polar surface area (TPSA) is 61.8 Å². The molecule has 110 valence electrons. The van der Waals surface area contributed by atoms with E-state index in [0.29, 0.717) is 5.69 Å². The first kappa shape index (κ1) is 14.3. The highest BCUT2D eigenvalue weighted by atomic mass is 16.3. The highest BCUT2D eigenvalue weighted by molar-refractivity contribution is 5.86. The van der Waals surface area contributed by atoms with Gasteiger partial charge in [0.25, 0.3) is 0 Å². The summed E-state index contributed by atoms with van der Waals surface area (Å²) in [6.07, 6.45) is 0. The van der Waals surface area contributed by atoms with Crippen molar-refractivity contribution in [1.82, 2.24) is 9.55 Å². The number of rotatable bonds is 2. The van der Waals surface area contributed by atoms with Crippen LogP contribution in [0.15, 0.2) is 30.3 Å². The molecule has 0 bridgehead atoms. The fourth-order valence-corrected chi connectivity index (χ4v) is 2.75. The van der Waals surface area contributed by atoms with Gasteiger partial charge in [0.2, 0.25) is 0 Å². The van der Waals surface area contributed by atoms with Gasteiger partial charge in [-0.05, 0) is 43.2 Å². The van der Waals surface area contributed by atoms with Crippen LogP contribution in [0.3, 0.4) is 0 Å². The molecule has 2 aromatic heterocycles. The van der Waals surface area contributed by atoms with Crippen molar-refractivity contribution in [2.24, 2.45) is 7.05 Å². The molecule has 0 atom stereocenters. The van der Waals surface area contributed by atoms with E-state index in [1.807, 2.05) is 48.9 Å². The maximum atomic E-state index is 9.30. The Morgan fingerprint density at radius 2 is 2.00 bits per heavy atom. The summed E-state index contributed by atoms with van der Waals surface area (Å²) in [7, 11) is 1.88. The maximum Gasteiger partial charge on any atom is 0.120 e. The van der Waals surface area contributed by atoms with E-state index in [1.54, 1.807) is 0 Å². The first-order chi connectivity index (χ1) is 10.5. The van der Waals surface area contributed by atoms with Gasteiger partial charge in [-0.15, -0.1) is 0 Å². The predicted octanol–water partition coefficient (Wildman–Crippen LogP) is 3.22. The summed E-state index contributed by atoms with van der Waals surface area (Å²) in [5.41, 5.74) is 6.30. The van der Waals surface area contributed by atoms with Crippen LogP contribution in [0.2, 0.25) is 0 Å². The third-order valence-electron chi connectivity index (χ3n) is 4.19. The third-order valence-corrected chi connectivity index (χ3v) is 4.19. The van der Waals surface area contributed by atoms with Gasteiger partial charge in [0.1, 0.15) is 11.8 Å². The van der Waals surface area contributed by atoms with Crippen molar-refractivity contribution in [1.29, 1.82) is 5.26 Å². The zero-order valence-electron chi connectivity index (χ0n) is 12.9. The molecule has 0 fully saturated rings. The van der Waals surface area contributed by atoms with Crippen LogP contribution in [-0.2, 0) is 13.7 Å². The lowest BCUT2D eigenvalue weighted by molar-refractivity contribution is 0.282. The van der Waals surface area contributed by atoms with Gasteiger partial charge < -0.3 is 9.67 Å². The van der Waals surface area contributed by atoms with Crippen molar-refractivity contribution in [3.05, 3.63) is 52.8 Å². The Kier molecular flexibility index (Phi) is 3.44. The fraction of sp³-hybridized carbons (Fsp3) is 0.222. The van der Waals surface area contributed by atoms with E-state index in [0.717, 1.165) is 39.0 Å². The molecule has 3 aromatic rings. The van der Waals surface area contributed by atoms with Crippen molar-refractivity contribution in [3.63, 3.8) is 0 Å². The molecule has 0 saturated carbocycles. The zero-order chi connectivity index (χ0) is 15.9. The van der Waals surface area contributed by atoms with Crippen LogP contribution in [0.5, 0.6) is 0 Å². The number of aliphatic hydroxyl groups excluding tert-OH is 1. The number of hydrogen-bond donors (Lipinski definition) is 1. The van der Waals surface area contributed by atoms with Gasteiger partial charge >= 0.3 is 0 Å². The molecule has 0 spiro atoms. The third kappa shape index (κ3) is 2.16. The number of aromatic nitrogens is 2. The molecule has 0 aliphatic heterocycles. The first-order valence-corrected chi connectivity index (χ1v) is 7.13. The molecular formula is C18H17N3O. The van der Waals surface area contributed by atoms with Crippen molar-refractivity contribution < 1.29 is 5.11 Å². The van der Waals surface area contributed by atoms with Crippen molar-refractivity contribution >= 4 is 10.9 Å². The Balaban J connectivity index is 2.26. The normalized spacial score (nSPS) is 10.9. The Morgan fingerprint density at radius 3 is 2.64 bits per heavy atom. The van der Waals surface area contributed by atoms with E-state index in [1.165, 1.54) is 0 Å². The average Bonchev–Trinajstić information content (AvgIpc) is 2.82. The number of aryl methyl sites for hydroxylation is 1. The van der Waals surface area contributed by atoms with E-state index < -0.39 is 0 Å². The first-order valence-electron chi connectivity index (χ1n) is 7.13. The molecule has 0 amide bonds. The van der Waals surface area contributed by atoms with E-state index in [-0.39, 0.29) is 6.61 Å². The van der Waals surface area contributed by atoms with Gasteiger partial charge in [-0.25, -0.2) is 4.98 Å². The molecule has 0 radical (unpaired) electrons. The van der Waals surface area contributed by atoms with Crippen LogP contribution in [0, 0.1) is 25.2 Å². The summed E-state index contributed by atoms with van der Waals surface area (Å²) < 4.78 is 1.88. The molecule has 2 heterocycles.